The minimum absolute atomic E-state index is 0.0325. The Bertz CT molecular complexity index is 1450. The van der Waals surface area contributed by atoms with E-state index in [-0.39, 0.29) is 24.3 Å². The molecular formula is C28H32FN7O2. The number of ether oxygens (including phenoxy) is 1. The first kappa shape index (κ1) is 25.6. The summed E-state index contributed by atoms with van der Waals surface area (Å²) in [5.41, 5.74) is 4.52. The number of likely N-dealkylation sites (tertiary alicyclic amines) is 1. The molecule has 1 aliphatic heterocycles. The summed E-state index contributed by atoms with van der Waals surface area (Å²) in [6.07, 6.45) is 3.47. The van der Waals surface area contributed by atoms with Gasteiger partial charge < -0.3 is 24.8 Å². The number of hydrogen-bond acceptors (Lipinski definition) is 6. The van der Waals surface area contributed by atoms with Crippen molar-refractivity contribution >= 4 is 22.9 Å². The van der Waals surface area contributed by atoms with E-state index in [2.05, 4.69) is 25.3 Å². The molecular weight excluding hydrogens is 485 g/mol. The second-order valence-corrected chi connectivity index (χ2v) is 10.7. The summed E-state index contributed by atoms with van der Waals surface area (Å²) >= 11 is 0. The molecule has 1 aromatic carbocycles. The highest BCUT2D eigenvalue weighted by molar-refractivity contribution is 5.91. The van der Waals surface area contributed by atoms with Crippen molar-refractivity contribution in [1.82, 2.24) is 30.2 Å². The van der Waals surface area contributed by atoms with Gasteiger partial charge in [-0.3, -0.25) is 4.98 Å². The van der Waals surface area contributed by atoms with Crippen LogP contribution in [0.2, 0.25) is 0 Å². The summed E-state index contributed by atoms with van der Waals surface area (Å²) in [4.78, 5) is 32.8. The molecule has 3 aromatic heterocycles. The van der Waals surface area contributed by atoms with E-state index in [0.717, 1.165) is 11.3 Å². The molecule has 10 heteroatoms. The number of anilines is 1. The number of amides is 2. The average Bonchev–Trinajstić information content (AvgIpc) is 3.29. The standard InChI is InChI=1S/C28H32FN7O2/c1-28(2,3)38-20-15-36(16-20)27(37)32-13-18-7-6-17(12-22(18)29)21-10-11-30-26-24(21)33-25(34-26)23-9-8-19(14-31-23)35(4)5/h6-12,14,20H,13,15-16H2,1-5H3,(H,32,37)(H,30,33,34). The lowest BCUT2D eigenvalue weighted by Gasteiger charge is -2.41. The van der Waals surface area contributed by atoms with E-state index in [1.54, 1.807) is 23.4 Å². The summed E-state index contributed by atoms with van der Waals surface area (Å²) in [7, 11) is 3.91. The Morgan fingerprint density at radius 3 is 2.63 bits per heavy atom. The molecule has 2 N–H and O–H groups in total. The molecule has 5 rings (SSSR count). The largest absolute Gasteiger partial charge is 0.376 e. The Labute approximate surface area is 221 Å². The van der Waals surface area contributed by atoms with Gasteiger partial charge in [-0.15, -0.1) is 0 Å². The third kappa shape index (κ3) is 5.45. The number of aromatic amines is 1. The van der Waals surface area contributed by atoms with Gasteiger partial charge in [-0.05, 0) is 50.6 Å². The van der Waals surface area contributed by atoms with Crippen LogP contribution in [0.4, 0.5) is 14.9 Å². The molecule has 0 atom stereocenters. The van der Waals surface area contributed by atoms with Crippen molar-refractivity contribution in [2.24, 2.45) is 0 Å². The van der Waals surface area contributed by atoms with Crippen LogP contribution in [-0.2, 0) is 11.3 Å². The average molecular weight is 518 g/mol. The molecule has 198 valence electrons. The van der Waals surface area contributed by atoms with E-state index in [4.69, 9.17) is 4.74 Å². The van der Waals surface area contributed by atoms with Crippen molar-refractivity contribution in [2.75, 3.05) is 32.1 Å². The normalized spacial score (nSPS) is 14.0. The molecule has 0 saturated carbocycles. The number of nitrogens with one attached hydrogen (secondary N) is 2. The Kier molecular flexibility index (Phi) is 6.75. The van der Waals surface area contributed by atoms with Crippen LogP contribution in [0.25, 0.3) is 33.8 Å². The summed E-state index contributed by atoms with van der Waals surface area (Å²) in [5, 5.41) is 2.80. The van der Waals surface area contributed by atoms with Crippen LogP contribution in [0.15, 0.2) is 48.8 Å². The summed E-state index contributed by atoms with van der Waals surface area (Å²) in [6, 6.07) is 10.5. The molecule has 0 radical (unpaired) electrons. The van der Waals surface area contributed by atoms with Crippen LogP contribution in [0, 0.1) is 5.82 Å². The van der Waals surface area contributed by atoms with Gasteiger partial charge in [0.15, 0.2) is 11.5 Å². The number of urea groups is 1. The molecule has 9 nitrogen and oxygen atoms in total. The molecule has 0 aliphatic carbocycles. The van der Waals surface area contributed by atoms with Gasteiger partial charge in [0, 0.05) is 38.0 Å². The van der Waals surface area contributed by atoms with E-state index in [0.29, 0.717) is 46.9 Å². The van der Waals surface area contributed by atoms with Crippen molar-refractivity contribution in [3.63, 3.8) is 0 Å². The molecule has 0 spiro atoms. The van der Waals surface area contributed by atoms with Crippen LogP contribution in [0.5, 0.6) is 0 Å². The van der Waals surface area contributed by atoms with Crippen molar-refractivity contribution in [2.45, 2.75) is 39.0 Å². The van der Waals surface area contributed by atoms with Gasteiger partial charge in [-0.2, -0.15) is 0 Å². The molecule has 0 bridgehead atoms. The maximum atomic E-state index is 15.1. The molecule has 1 saturated heterocycles. The fourth-order valence-corrected chi connectivity index (χ4v) is 4.38. The number of hydrogen-bond donors (Lipinski definition) is 2. The predicted molar refractivity (Wildman–Crippen MR) is 145 cm³/mol. The second-order valence-electron chi connectivity index (χ2n) is 10.7. The lowest BCUT2D eigenvalue weighted by molar-refractivity contribution is -0.111. The smallest absolute Gasteiger partial charge is 0.317 e. The number of aromatic nitrogens is 4. The number of nitrogens with zero attached hydrogens (tertiary/aromatic N) is 5. The first-order chi connectivity index (χ1) is 18.1. The quantitative estimate of drug-likeness (QED) is 0.388. The third-order valence-corrected chi connectivity index (χ3v) is 6.35. The Balaban J connectivity index is 1.28. The molecule has 4 heterocycles. The number of rotatable bonds is 6. The van der Waals surface area contributed by atoms with Crippen LogP contribution in [-0.4, -0.2) is 69.8 Å². The van der Waals surface area contributed by atoms with Crippen LogP contribution in [0.1, 0.15) is 26.3 Å². The van der Waals surface area contributed by atoms with E-state index in [1.165, 1.54) is 6.07 Å². The van der Waals surface area contributed by atoms with E-state index < -0.39 is 5.82 Å². The van der Waals surface area contributed by atoms with Crippen LogP contribution >= 0.6 is 0 Å². The van der Waals surface area contributed by atoms with Gasteiger partial charge in [-0.25, -0.2) is 19.2 Å². The number of carbonyl (C=O) groups is 1. The number of halogens is 1. The number of H-pyrrole nitrogens is 1. The number of imidazole rings is 1. The lowest BCUT2D eigenvalue weighted by Crippen LogP contribution is -2.59. The van der Waals surface area contributed by atoms with E-state index in [9.17, 15) is 4.79 Å². The van der Waals surface area contributed by atoms with E-state index in [1.807, 2.05) is 64.0 Å². The minimum atomic E-state index is -0.397. The Morgan fingerprint density at radius 2 is 1.97 bits per heavy atom. The van der Waals surface area contributed by atoms with Gasteiger partial charge in [0.1, 0.15) is 11.5 Å². The third-order valence-electron chi connectivity index (χ3n) is 6.35. The SMILES string of the molecule is CN(C)c1ccc(-c2nc3nccc(-c4ccc(CNC(=O)N5CC(OC(C)(C)C)C5)c(F)c4)c3[nH]2)nc1. The Hall–Kier alpha value is -4.05. The monoisotopic (exact) mass is 517 g/mol. The molecule has 1 fully saturated rings. The highest BCUT2D eigenvalue weighted by Crippen LogP contribution is 2.29. The molecule has 4 aromatic rings. The van der Waals surface area contributed by atoms with Crippen LogP contribution in [0.3, 0.4) is 0 Å². The van der Waals surface area contributed by atoms with Gasteiger partial charge in [0.05, 0.1) is 42.2 Å². The molecule has 1 aliphatic rings. The maximum absolute atomic E-state index is 15.1. The minimum Gasteiger partial charge on any atom is -0.376 e. The fraction of sp³-hybridized carbons (Fsp3) is 0.357. The summed E-state index contributed by atoms with van der Waals surface area (Å²) < 4.78 is 20.9. The number of carbonyl (C=O) groups excluding carboxylic acids is 1. The lowest BCUT2D eigenvalue weighted by atomic mass is 10.0. The molecule has 0 unspecified atom stereocenters. The van der Waals surface area contributed by atoms with Crippen molar-refractivity contribution < 1.29 is 13.9 Å². The maximum Gasteiger partial charge on any atom is 0.317 e. The van der Waals surface area contributed by atoms with Gasteiger partial charge >= 0.3 is 6.03 Å². The summed E-state index contributed by atoms with van der Waals surface area (Å²) in [5.74, 6) is 0.192. The van der Waals surface area contributed by atoms with Crippen molar-refractivity contribution in [1.29, 1.82) is 0 Å². The summed E-state index contributed by atoms with van der Waals surface area (Å²) in [6.45, 7) is 7.14. The highest BCUT2D eigenvalue weighted by Gasteiger charge is 2.34. The van der Waals surface area contributed by atoms with Gasteiger partial charge in [0.2, 0.25) is 0 Å². The Morgan fingerprint density at radius 1 is 1.18 bits per heavy atom. The zero-order valence-electron chi connectivity index (χ0n) is 22.2. The van der Waals surface area contributed by atoms with Crippen molar-refractivity contribution in [3.8, 4) is 22.6 Å². The molecule has 2 amide bonds. The van der Waals surface area contributed by atoms with Gasteiger partial charge in [0.25, 0.3) is 0 Å². The number of benzene rings is 1. The topological polar surface area (TPSA) is 99.3 Å². The zero-order chi connectivity index (χ0) is 27.0. The zero-order valence-corrected chi connectivity index (χ0v) is 22.2. The van der Waals surface area contributed by atoms with Gasteiger partial charge in [-0.1, -0.05) is 12.1 Å². The van der Waals surface area contributed by atoms with Crippen molar-refractivity contribution in [3.05, 3.63) is 60.2 Å². The molecule has 38 heavy (non-hydrogen) atoms. The first-order valence-corrected chi connectivity index (χ1v) is 12.6. The first-order valence-electron chi connectivity index (χ1n) is 12.6. The predicted octanol–water partition coefficient (Wildman–Crippen LogP) is 4.60. The van der Waals surface area contributed by atoms with Crippen LogP contribution < -0.4 is 10.2 Å². The fourth-order valence-electron chi connectivity index (χ4n) is 4.38. The highest BCUT2D eigenvalue weighted by atomic mass is 19.1. The number of pyridine rings is 2. The van der Waals surface area contributed by atoms with E-state index >= 15 is 4.39 Å². The second kappa shape index (κ2) is 10.0. The number of fused-ring (bicyclic) bond motifs is 1.